The first-order valence-electron chi connectivity index (χ1n) is 18.9. The average molecular weight is 714 g/mol. The molecule has 3 heterocycles. The van der Waals surface area contributed by atoms with Crippen molar-refractivity contribution >= 4 is 76.2 Å². The molecule has 258 valence electrons. The van der Waals surface area contributed by atoms with Crippen LogP contribution in [0.1, 0.15) is 0 Å². The minimum atomic E-state index is 0.577. The van der Waals surface area contributed by atoms with Crippen molar-refractivity contribution in [1.82, 2.24) is 15.0 Å². The van der Waals surface area contributed by atoms with Crippen molar-refractivity contribution < 1.29 is 8.83 Å². The van der Waals surface area contributed by atoms with Gasteiger partial charge in [0.2, 0.25) is 0 Å². The monoisotopic (exact) mass is 713 g/mol. The third-order valence-corrected chi connectivity index (χ3v) is 11.6. The summed E-state index contributed by atoms with van der Waals surface area (Å²) >= 11 is 0. The predicted molar refractivity (Wildman–Crippen MR) is 228 cm³/mol. The normalized spacial score (nSPS) is 12.3. The molecule has 0 aliphatic heterocycles. The van der Waals surface area contributed by atoms with E-state index in [2.05, 4.69) is 140 Å². The second-order valence-electron chi connectivity index (χ2n) is 14.6. The smallest absolute Gasteiger partial charge is 0.164 e. The van der Waals surface area contributed by atoms with E-state index in [9.17, 15) is 0 Å². The van der Waals surface area contributed by atoms with Gasteiger partial charge in [0, 0.05) is 49.0 Å². The SMILES string of the molecule is c1ccc2c(c1)-c1cccc3c(-c4nc(-c5cc6ccccc6c6oc7ccccc7c56)nc(-c5cc6ccccc6c6oc7ccccc7c56)n4)ccc-2c13. The molecule has 0 radical (unpaired) electrons. The Labute approximate surface area is 319 Å². The highest BCUT2D eigenvalue weighted by Crippen LogP contribution is 2.50. The van der Waals surface area contributed by atoms with Crippen molar-refractivity contribution in [3.63, 3.8) is 0 Å². The minimum absolute atomic E-state index is 0.577. The Hall–Kier alpha value is -7.63. The molecular weight excluding hydrogens is 687 g/mol. The number of fused-ring (bicyclic) bond motifs is 13. The molecule has 5 heteroatoms. The van der Waals surface area contributed by atoms with Crippen molar-refractivity contribution in [2.45, 2.75) is 0 Å². The molecule has 0 N–H and O–H groups in total. The Bertz CT molecular complexity index is 3470. The van der Waals surface area contributed by atoms with Crippen LogP contribution in [0, 0.1) is 0 Å². The molecule has 5 nitrogen and oxygen atoms in total. The molecule has 0 saturated carbocycles. The first-order chi connectivity index (χ1) is 27.8. The molecule has 1 aliphatic carbocycles. The molecule has 0 fully saturated rings. The van der Waals surface area contributed by atoms with Gasteiger partial charge < -0.3 is 8.83 Å². The highest BCUT2D eigenvalue weighted by atomic mass is 16.3. The zero-order chi connectivity index (χ0) is 36.5. The van der Waals surface area contributed by atoms with Crippen LogP contribution >= 0.6 is 0 Å². The van der Waals surface area contributed by atoms with E-state index < -0.39 is 0 Å². The maximum atomic E-state index is 6.64. The van der Waals surface area contributed by atoms with Crippen molar-refractivity contribution in [2.75, 3.05) is 0 Å². The number of benzene rings is 9. The summed E-state index contributed by atoms with van der Waals surface area (Å²) in [5.74, 6) is 1.76. The highest BCUT2D eigenvalue weighted by molar-refractivity contribution is 6.23. The number of nitrogens with zero attached hydrogens (tertiary/aromatic N) is 3. The Morgan fingerprint density at radius 2 is 0.696 bits per heavy atom. The molecule has 9 aromatic carbocycles. The van der Waals surface area contributed by atoms with Crippen molar-refractivity contribution in [3.05, 3.63) is 164 Å². The summed E-state index contributed by atoms with van der Waals surface area (Å²) in [6.07, 6.45) is 0. The van der Waals surface area contributed by atoms with Gasteiger partial charge in [-0.2, -0.15) is 0 Å². The zero-order valence-electron chi connectivity index (χ0n) is 29.7. The number of hydrogen-bond acceptors (Lipinski definition) is 5. The quantitative estimate of drug-likeness (QED) is 0.182. The van der Waals surface area contributed by atoms with E-state index >= 15 is 0 Å². The van der Waals surface area contributed by atoms with Gasteiger partial charge in [0.25, 0.3) is 0 Å². The highest BCUT2D eigenvalue weighted by Gasteiger charge is 2.26. The molecular formula is C51H27N3O2. The summed E-state index contributed by atoms with van der Waals surface area (Å²) in [5, 5.41) is 10.5. The van der Waals surface area contributed by atoms with Crippen LogP contribution in [0.25, 0.3) is 133 Å². The number of aromatic nitrogens is 3. The van der Waals surface area contributed by atoms with Gasteiger partial charge in [0.15, 0.2) is 17.5 Å². The molecule has 0 unspecified atom stereocenters. The van der Waals surface area contributed by atoms with E-state index in [1.54, 1.807) is 0 Å². The van der Waals surface area contributed by atoms with E-state index in [4.69, 9.17) is 23.8 Å². The van der Waals surface area contributed by atoms with Crippen LogP contribution in [0.4, 0.5) is 0 Å². The first kappa shape index (κ1) is 29.8. The van der Waals surface area contributed by atoms with Gasteiger partial charge in [-0.1, -0.05) is 133 Å². The van der Waals surface area contributed by atoms with Gasteiger partial charge in [0.1, 0.15) is 22.3 Å². The lowest BCUT2D eigenvalue weighted by Gasteiger charge is -2.13. The second kappa shape index (κ2) is 11.0. The van der Waals surface area contributed by atoms with E-state index in [1.165, 1.54) is 27.6 Å². The summed E-state index contributed by atoms with van der Waals surface area (Å²) in [5.41, 5.74) is 11.0. The van der Waals surface area contributed by atoms with Crippen LogP contribution in [0.2, 0.25) is 0 Å². The standard InChI is InChI=1S/C51H27N3O2/c1-3-14-30-28(12-1)26-40(45-38-18-7-9-22-42(38)55-47(30)45)50-52-49(37-25-24-36-33-17-6-5-16-32(33)34-20-11-21-35(37)44(34)36)53-51(54-50)41-27-29-13-2-4-15-31(29)48-46(41)39-19-8-10-23-43(39)56-48/h1-27H. The molecule has 13 rings (SSSR count). The Balaban J connectivity index is 1.18. The van der Waals surface area contributed by atoms with Crippen LogP contribution < -0.4 is 0 Å². The lowest BCUT2D eigenvalue weighted by atomic mass is 9.97. The number of rotatable bonds is 3. The van der Waals surface area contributed by atoms with E-state index in [1.807, 2.05) is 24.3 Å². The van der Waals surface area contributed by atoms with Crippen LogP contribution in [0.15, 0.2) is 173 Å². The van der Waals surface area contributed by atoms with Crippen LogP contribution in [0.5, 0.6) is 0 Å². The summed E-state index contributed by atoms with van der Waals surface area (Å²) in [6, 6.07) is 57.2. The maximum absolute atomic E-state index is 6.64. The average Bonchev–Trinajstić information content (AvgIpc) is 3.95. The fourth-order valence-electron chi connectivity index (χ4n) is 9.21. The predicted octanol–water partition coefficient (Wildman–Crippen LogP) is 13.8. The fraction of sp³-hybridized carbons (Fsp3) is 0. The largest absolute Gasteiger partial charge is 0.455 e. The number of para-hydroxylation sites is 2. The van der Waals surface area contributed by atoms with Gasteiger partial charge in [-0.05, 0) is 74.1 Å². The van der Waals surface area contributed by atoms with Gasteiger partial charge in [-0.15, -0.1) is 0 Å². The third-order valence-electron chi connectivity index (χ3n) is 11.6. The van der Waals surface area contributed by atoms with Gasteiger partial charge in [-0.3, -0.25) is 0 Å². The van der Waals surface area contributed by atoms with Gasteiger partial charge in [-0.25, -0.2) is 15.0 Å². The van der Waals surface area contributed by atoms with Gasteiger partial charge >= 0.3 is 0 Å². The summed E-state index contributed by atoms with van der Waals surface area (Å²) in [4.78, 5) is 16.3. The second-order valence-corrected chi connectivity index (χ2v) is 14.6. The zero-order valence-corrected chi connectivity index (χ0v) is 29.7. The molecule has 0 saturated heterocycles. The topological polar surface area (TPSA) is 65.0 Å². The van der Waals surface area contributed by atoms with E-state index in [0.717, 1.165) is 87.5 Å². The van der Waals surface area contributed by atoms with Crippen molar-refractivity contribution in [2.24, 2.45) is 0 Å². The lowest BCUT2D eigenvalue weighted by molar-refractivity contribution is 0.672. The molecule has 56 heavy (non-hydrogen) atoms. The first-order valence-corrected chi connectivity index (χ1v) is 18.9. The molecule has 0 spiro atoms. The van der Waals surface area contributed by atoms with E-state index in [0.29, 0.717) is 17.5 Å². The van der Waals surface area contributed by atoms with E-state index in [-0.39, 0.29) is 0 Å². The number of hydrogen-bond donors (Lipinski definition) is 0. The molecule has 0 bridgehead atoms. The number of furan rings is 2. The fourth-order valence-corrected chi connectivity index (χ4v) is 9.21. The Morgan fingerprint density at radius 1 is 0.286 bits per heavy atom. The maximum Gasteiger partial charge on any atom is 0.164 e. The lowest BCUT2D eigenvalue weighted by Crippen LogP contribution is -2.01. The molecule has 3 aromatic heterocycles. The summed E-state index contributed by atoms with van der Waals surface area (Å²) in [6.45, 7) is 0. The minimum Gasteiger partial charge on any atom is -0.455 e. The third kappa shape index (κ3) is 4.01. The molecule has 12 aromatic rings. The van der Waals surface area contributed by atoms with Crippen LogP contribution in [-0.2, 0) is 0 Å². The van der Waals surface area contributed by atoms with Crippen molar-refractivity contribution in [3.8, 4) is 56.4 Å². The molecule has 1 aliphatic rings. The molecule has 0 atom stereocenters. The van der Waals surface area contributed by atoms with Crippen LogP contribution in [0.3, 0.4) is 0 Å². The van der Waals surface area contributed by atoms with Gasteiger partial charge in [0.05, 0.1) is 0 Å². The van der Waals surface area contributed by atoms with Crippen LogP contribution in [-0.4, -0.2) is 15.0 Å². The Kier molecular flexibility index (Phi) is 5.83. The summed E-state index contributed by atoms with van der Waals surface area (Å²) < 4.78 is 13.3. The summed E-state index contributed by atoms with van der Waals surface area (Å²) in [7, 11) is 0. The Morgan fingerprint density at radius 3 is 1.27 bits per heavy atom. The van der Waals surface area contributed by atoms with Crippen molar-refractivity contribution in [1.29, 1.82) is 0 Å². The molecule has 0 amide bonds.